The molecule has 19 heavy (non-hydrogen) atoms. The average molecular weight is 272 g/mol. The van der Waals surface area contributed by atoms with Crippen LogP contribution in [0.4, 0.5) is 13.2 Å². The molecule has 0 fully saturated rings. The predicted molar refractivity (Wildman–Crippen MR) is 61.8 cm³/mol. The monoisotopic (exact) mass is 272 g/mol. The molecule has 0 aliphatic heterocycles. The number of aliphatic hydroxyl groups is 1. The number of carbonyl (C=O) groups is 1. The maximum Gasteiger partial charge on any atom is 0.435 e. The second kappa shape index (κ2) is 5.00. The molecule has 1 N–H and O–H groups in total. The zero-order chi connectivity index (χ0) is 14.0. The Morgan fingerprint density at radius 3 is 2.68 bits per heavy atom. The van der Waals surface area contributed by atoms with Gasteiger partial charge in [0.15, 0.2) is 5.69 Å². The molecule has 1 heterocycles. The minimum Gasteiger partial charge on any atom is -0.396 e. The molecule has 0 saturated heterocycles. The number of carbonyl (C=O) groups excluding carboxylic acids is 1. The van der Waals surface area contributed by atoms with Crippen LogP contribution in [-0.2, 0) is 12.7 Å². The van der Waals surface area contributed by atoms with Crippen molar-refractivity contribution in [1.29, 1.82) is 0 Å². The van der Waals surface area contributed by atoms with Crippen LogP contribution in [0.1, 0.15) is 22.5 Å². The van der Waals surface area contributed by atoms with Gasteiger partial charge in [0, 0.05) is 24.1 Å². The second-order valence-corrected chi connectivity index (χ2v) is 4.04. The first-order chi connectivity index (χ1) is 8.97. The Balaban J connectivity index is 2.62. The van der Waals surface area contributed by atoms with Crippen molar-refractivity contribution in [3.05, 3.63) is 29.5 Å². The number of nitrogens with zero attached hydrogens (tertiary/aromatic N) is 2. The van der Waals surface area contributed by atoms with Crippen LogP contribution in [0.2, 0.25) is 0 Å². The maximum atomic E-state index is 12.8. The van der Waals surface area contributed by atoms with Crippen molar-refractivity contribution in [1.82, 2.24) is 9.78 Å². The van der Waals surface area contributed by atoms with Crippen molar-refractivity contribution in [3.8, 4) is 0 Å². The summed E-state index contributed by atoms with van der Waals surface area (Å²) in [6, 6.07) is 3.93. The SMILES string of the molecule is O=Cc1ccc2c(C(F)(F)F)nn(CCCO)c2c1. The van der Waals surface area contributed by atoms with Crippen LogP contribution >= 0.6 is 0 Å². The number of aryl methyl sites for hydroxylation is 1. The fraction of sp³-hybridized carbons (Fsp3) is 0.333. The highest BCUT2D eigenvalue weighted by Gasteiger charge is 2.36. The van der Waals surface area contributed by atoms with Gasteiger partial charge >= 0.3 is 6.18 Å². The van der Waals surface area contributed by atoms with E-state index in [2.05, 4.69) is 5.10 Å². The third-order valence-electron chi connectivity index (χ3n) is 2.71. The molecule has 4 nitrogen and oxygen atoms in total. The Kier molecular flexibility index (Phi) is 3.57. The van der Waals surface area contributed by atoms with Gasteiger partial charge in [-0.1, -0.05) is 6.07 Å². The van der Waals surface area contributed by atoms with Gasteiger partial charge in [0.2, 0.25) is 0 Å². The van der Waals surface area contributed by atoms with Crippen molar-refractivity contribution in [3.63, 3.8) is 0 Å². The van der Waals surface area contributed by atoms with Gasteiger partial charge in [0.1, 0.15) is 6.29 Å². The minimum absolute atomic E-state index is 0.0453. The van der Waals surface area contributed by atoms with E-state index in [4.69, 9.17) is 5.11 Å². The largest absolute Gasteiger partial charge is 0.435 e. The van der Waals surface area contributed by atoms with E-state index in [0.717, 1.165) is 0 Å². The topological polar surface area (TPSA) is 55.1 Å². The number of benzene rings is 1. The molecule has 7 heteroatoms. The van der Waals surface area contributed by atoms with Crippen molar-refractivity contribution < 1.29 is 23.1 Å². The molecule has 0 aliphatic carbocycles. The Morgan fingerprint density at radius 2 is 2.11 bits per heavy atom. The lowest BCUT2D eigenvalue weighted by molar-refractivity contribution is -0.140. The fourth-order valence-electron chi connectivity index (χ4n) is 1.86. The second-order valence-electron chi connectivity index (χ2n) is 4.04. The third kappa shape index (κ3) is 2.60. The first kappa shape index (κ1) is 13.5. The number of hydrogen-bond acceptors (Lipinski definition) is 3. The average Bonchev–Trinajstić information content (AvgIpc) is 2.74. The minimum atomic E-state index is -4.55. The molecule has 102 valence electrons. The first-order valence-electron chi connectivity index (χ1n) is 5.61. The highest BCUT2D eigenvalue weighted by atomic mass is 19.4. The van der Waals surface area contributed by atoms with Crippen LogP contribution in [0.25, 0.3) is 10.9 Å². The van der Waals surface area contributed by atoms with E-state index in [0.29, 0.717) is 12.7 Å². The van der Waals surface area contributed by atoms with Crippen LogP contribution in [-0.4, -0.2) is 27.8 Å². The van der Waals surface area contributed by atoms with Gasteiger partial charge in [-0.05, 0) is 18.6 Å². The van der Waals surface area contributed by atoms with E-state index in [1.54, 1.807) is 0 Å². The number of aromatic nitrogens is 2. The molecule has 0 atom stereocenters. The van der Waals surface area contributed by atoms with Crippen molar-refractivity contribution >= 4 is 17.2 Å². The Hall–Kier alpha value is -1.89. The molecule has 0 bridgehead atoms. The van der Waals surface area contributed by atoms with Crippen molar-refractivity contribution in [2.24, 2.45) is 0 Å². The van der Waals surface area contributed by atoms with E-state index < -0.39 is 11.9 Å². The Bertz CT molecular complexity index is 605. The quantitative estimate of drug-likeness (QED) is 0.868. The summed E-state index contributed by atoms with van der Waals surface area (Å²) < 4.78 is 39.7. The molecule has 0 radical (unpaired) electrons. The predicted octanol–water partition coefficient (Wildman–Crippen LogP) is 2.25. The molecule has 0 unspecified atom stereocenters. The molecule has 1 aromatic heterocycles. The summed E-state index contributed by atoms with van der Waals surface area (Å²) in [5.74, 6) is 0. The Morgan fingerprint density at radius 1 is 1.37 bits per heavy atom. The van der Waals surface area contributed by atoms with Crippen molar-refractivity contribution in [2.45, 2.75) is 19.1 Å². The van der Waals surface area contributed by atoms with Gasteiger partial charge in [-0.25, -0.2) is 0 Å². The Labute approximate surface area is 106 Å². The van der Waals surface area contributed by atoms with Gasteiger partial charge in [-0.15, -0.1) is 0 Å². The fourth-order valence-corrected chi connectivity index (χ4v) is 1.86. The number of aldehydes is 1. The van der Waals surface area contributed by atoms with Gasteiger partial charge < -0.3 is 5.11 Å². The molecule has 0 spiro atoms. The molecule has 1 aromatic carbocycles. The van der Waals surface area contributed by atoms with Crippen LogP contribution in [0, 0.1) is 0 Å². The molecular formula is C12H11F3N2O2. The van der Waals surface area contributed by atoms with E-state index in [9.17, 15) is 18.0 Å². The van der Waals surface area contributed by atoms with Crippen LogP contribution in [0.15, 0.2) is 18.2 Å². The van der Waals surface area contributed by atoms with E-state index in [1.165, 1.54) is 22.9 Å². The molecule has 0 amide bonds. The zero-order valence-electron chi connectivity index (χ0n) is 9.81. The van der Waals surface area contributed by atoms with Gasteiger partial charge in [0.25, 0.3) is 0 Å². The molecular weight excluding hydrogens is 261 g/mol. The summed E-state index contributed by atoms with van der Waals surface area (Å²) in [4.78, 5) is 10.7. The number of aliphatic hydroxyl groups excluding tert-OH is 1. The van der Waals surface area contributed by atoms with Gasteiger partial charge in [0.05, 0.1) is 5.52 Å². The normalized spacial score (nSPS) is 12.0. The lowest BCUT2D eigenvalue weighted by Gasteiger charge is -2.02. The highest BCUT2D eigenvalue weighted by Crippen LogP contribution is 2.34. The summed E-state index contributed by atoms with van der Waals surface area (Å²) in [5, 5.41) is 12.2. The van der Waals surface area contributed by atoms with Gasteiger partial charge in [-0.2, -0.15) is 18.3 Å². The number of alkyl halides is 3. The van der Waals surface area contributed by atoms with Gasteiger partial charge in [-0.3, -0.25) is 9.48 Å². The summed E-state index contributed by atoms with van der Waals surface area (Å²) in [6.07, 6.45) is -3.69. The maximum absolute atomic E-state index is 12.8. The summed E-state index contributed by atoms with van der Waals surface area (Å²) >= 11 is 0. The molecule has 2 rings (SSSR count). The molecule has 2 aromatic rings. The van der Waals surface area contributed by atoms with Crippen LogP contribution < -0.4 is 0 Å². The van der Waals surface area contributed by atoms with E-state index >= 15 is 0 Å². The smallest absolute Gasteiger partial charge is 0.396 e. The standard InChI is InChI=1S/C12H11F3N2O2/c13-12(14,15)11-9-3-2-8(7-19)6-10(9)17(16-11)4-1-5-18/h2-3,6-7,18H,1,4-5H2. The third-order valence-corrected chi connectivity index (χ3v) is 2.71. The van der Waals surface area contributed by atoms with E-state index in [-0.39, 0.29) is 29.6 Å². The van der Waals surface area contributed by atoms with E-state index in [1.807, 2.05) is 0 Å². The van der Waals surface area contributed by atoms with Crippen LogP contribution in [0.5, 0.6) is 0 Å². The summed E-state index contributed by atoms with van der Waals surface area (Å²) in [6.45, 7) is 0.0153. The first-order valence-corrected chi connectivity index (χ1v) is 5.61. The van der Waals surface area contributed by atoms with Crippen molar-refractivity contribution in [2.75, 3.05) is 6.61 Å². The highest BCUT2D eigenvalue weighted by molar-refractivity contribution is 5.88. The lowest BCUT2D eigenvalue weighted by Crippen LogP contribution is -2.08. The number of fused-ring (bicyclic) bond motifs is 1. The molecule has 0 saturated carbocycles. The molecule has 0 aliphatic rings. The number of hydrogen-bond donors (Lipinski definition) is 1. The number of rotatable bonds is 4. The van der Waals surface area contributed by atoms with Crippen LogP contribution in [0.3, 0.4) is 0 Å². The summed E-state index contributed by atoms with van der Waals surface area (Å²) in [7, 11) is 0. The summed E-state index contributed by atoms with van der Waals surface area (Å²) in [5.41, 5.74) is -0.449. The number of halogens is 3. The lowest BCUT2D eigenvalue weighted by atomic mass is 10.1. The zero-order valence-corrected chi connectivity index (χ0v) is 9.81.